The van der Waals surface area contributed by atoms with Crippen molar-refractivity contribution in [1.82, 2.24) is 4.57 Å². The Kier molecular flexibility index (Phi) is 7.72. The molecule has 0 aliphatic heterocycles. The second kappa shape index (κ2) is 10.9. The SMILES string of the molecule is COc1ccc(OC)c(/C=C/C(=O)OCC(=O)Nc2c(C#N)c(C)c(C)n2-c2ccccc2)c1. The summed E-state index contributed by atoms with van der Waals surface area (Å²) in [6.07, 6.45) is 2.72. The number of hydrogen-bond acceptors (Lipinski definition) is 6. The second-order valence-electron chi connectivity index (χ2n) is 7.31. The van der Waals surface area contributed by atoms with Gasteiger partial charge >= 0.3 is 5.97 Å². The number of nitriles is 1. The van der Waals surface area contributed by atoms with Crippen LogP contribution in [0.15, 0.2) is 54.6 Å². The molecule has 3 rings (SSSR count). The fraction of sp³-hybridized carbons (Fsp3) is 0.192. The van der Waals surface area contributed by atoms with Gasteiger partial charge in [0.1, 0.15) is 23.4 Å². The molecule has 2 aromatic carbocycles. The minimum atomic E-state index is -0.702. The van der Waals surface area contributed by atoms with E-state index in [2.05, 4.69) is 11.4 Å². The maximum Gasteiger partial charge on any atom is 0.331 e. The van der Waals surface area contributed by atoms with Gasteiger partial charge in [-0.25, -0.2) is 4.79 Å². The van der Waals surface area contributed by atoms with E-state index in [9.17, 15) is 14.9 Å². The topological polar surface area (TPSA) is 103 Å². The Hall–Kier alpha value is -4.51. The fourth-order valence-electron chi connectivity index (χ4n) is 3.44. The van der Waals surface area contributed by atoms with Gasteiger partial charge in [0.25, 0.3) is 5.91 Å². The van der Waals surface area contributed by atoms with Crippen molar-refractivity contribution >= 4 is 23.8 Å². The Balaban J connectivity index is 1.72. The number of nitrogens with zero attached hydrogens (tertiary/aromatic N) is 2. The van der Waals surface area contributed by atoms with E-state index in [-0.39, 0.29) is 0 Å². The number of benzene rings is 2. The molecule has 0 unspecified atom stereocenters. The Morgan fingerprint density at radius 1 is 1.09 bits per heavy atom. The number of aromatic nitrogens is 1. The van der Waals surface area contributed by atoms with Gasteiger partial charge in [0.2, 0.25) is 0 Å². The van der Waals surface area contributed by atoms with Crippen molar-refractivity contribution in [2.24, 2.45) is 0 Å². The van der Waals surface area contributed by atoms with E-state index in [0.717, 1.165) is 16.9 Å². The number of carbonyl (C=O) groups is 2. The molecule has 1 aromatic heterocycles. The molecule has 0 bridgehead atoms. The summed E-state index contributed by atoms with van der Waals surface area (Å²) in [7, 11) is 3.06. The molecule has 0 radical (unpaired) electrons. The lowest BCUT2D eigenvalue weighted by atomic mass is 10.1. The highest BCUT2D eigenvalue weighted by Gasteiger charge is 2.21. The van der Waals surface area contributed by atoms with Crippen LogP contribution in [0.3, 0.4) is 0 Å². The third-order valence-electron chi connectivity index (χ3n) is 5.28. The van der Waals surface area contributed by atoms with E-state index in [0.29, 0.717) is 28.4 Å². The first-order chi connectivity index (χ1) is 16.4. The lowest BCUT2D eigenvalue weighted by Gasteiger charge is -2.13. The summed E-state index contributed by atoms with van der Waals surface area (Å²) in [5.41, 5.74) is 3.35. The van der Waals surface area contributed by atoms with Crippen LogP contribution in [0.1, 0.15) is 22.4 Å². The number of anilines is 1. The highest BCUT2D eigenvalue weighted by atomic mass is 16.5. The van der Waals surface area contributed by atoms with Gasteiger partial charge in [-0.05, 0) is 55.8 Å². The summed E-state index contributed by atoms with van der Waals surface area (Å²) in [6, 6.07) is 16.7. The number of para-hydroxylation sites is 1. The molecule has 3 aromatic rings. The maximum absolute atomic E-state index is 12.6. The number of amides is 1. The molecule has 1 amide bonds. The molecule has 0 saturated carbocycles. The zero-order valence-corrected chi connectivity index (χ0v) is 19.4. The molecule has 34 heavy (non-hydrogen) atoms. The molecule has 0 spiro atoms. The zero-order valence-electron chi connectivity index (χ0n) is 19.4. The highest BCUT2D eigenvalue weighted by molar-refractivity contribution is 5.95. The van der Waals surface area contributed by atoms with Crippen molar-refractivity contribution in [2.45, 2.75) is 13.8 Å². The first kappa shape index (κ1) is 24.1. The van der Waals surface area contributed by atoms with E-state index >= 15 is 0 Å². The Bertz CT molecular complexity index is 1270. The summed E-state index contributed by atoms with van der Waals surface area (Å²) < 4.78 is 17.3. The average molecular weight is 460 g/mol. The van der Waals surface area contributed by atoms with Crippen molar-refractivity contribution in [3.63, 3.8) is 0 Å². The van der Waals surface area contributed by atoms with Gasteiger partial charge in [0.15, 0.2) is 6.61 Å². The largest absolute Gasteiger partial charge is 0.497 e. The lowest BCUT2D eigenvalue weighted by molar-refractivity contribution is -0.142. The van der Waals surface area contributed by atoms with Crippen LogP contribution in [-0.4, -0.2) is 37.3 Å². The van der Waals surface area contributed by atoms with Crippen LogP contribution in [0.2, 0.25) is 0 Å². The quantitative estimate of drug-likeness (QED) is 0.401. The molecule has 1 heterocycles. The van der Waals surface area contributed by atoms with Crippen LogP contribution in [0.25, 0.3) is 11.8 Å². The molecule has 1 N–H and O–H groups in total. The van der Waals surface area contributed by atoms with E-state index in [1.165, 1.54) is 26.4 Å². The van der Waals surface area contributed by atoms with E-state index in [1.807, 2.05) is 44.2 Å². The molecular formula is C26H25N3O5. The normalized spacial score (nSPS) is 10.6. The molecule has 0 aliphatic rings. The summed E-state index contributed by atoms with van der Waals surface area (Å²) in [5, 5.41) is 12.4. The van der Waals surface area contributed by atoms with Gasteiger partial charge in [-0.15, -0.1) is 0 Å². The molecule has 8 heteroatoms. The number of rotatable bonds is 8. The van der Waals surface area contributed by atoms with Gasteiger partial charge in [0.05, 0.1) is 19.8 Å². The minimum Gasteiger partial charge on any atom is -0.497 e. The van der Waals surface area contributed by atoms with Crippen LogP contribution in [0.4, 0.5) is 5.82 Å². The number of methoxy groups -OCH3 is 2. The summed E-state index contributed by atoms with van der Waals surface area (Å²) in [5.74, 6) is 0.229. The molecule has 8 nitrogen and oxygen atoms in total. The average Bonchev–Trinajstić information content (AvgIpc) is 3.10. The first-order valence-corrected chi connectivity index (χ1v) is 10.4. The van der Waals surface area contributed by atoms with Crippen molar-refractivity contribution < 1.29 is 23.8 Å². The van der Waals surface area contributed by atoms with Gasteiger partial charge in [-0.3, -0.25) is 9.36 Å². The third kappa shape index (κ3) is 5.27. The molecule has 174 valence electrons. The molecule has 0 saturated heterocycles. The first-order valence-electron chi connectivity index (χ1n) is 10.4. The molecular weight excluding hydrogens is 434 g/mol. The number of esters is 1. The van der Waals surface area contributed by atoms with Crippen molar-refractivity contribution in [3.05, 3.63) is 77.0 Å². The van der Waals surface area contributed by atoms with Crippen LogP contribution in [0, 0.1) is 25.2 Å². The Morgan fingerprint density at radius 2 is 1.82 bits per heavy atom. The summed E-state index contributed by atoms with van der Waals surface area (Å²) in [4.78, 5) is 24.8. The van der Waals surface area contributed by atoms with Crippen LogP contribution >= 0.6 is 0 Å². The minimum absolute atomic E-state index is 0.335. The van der Waals surface area contributed by atoms with Crippen LogP contribution in [-0.2, 0) is 14.3 Å². The number of hydrogen-bond donors (Lipinski definition) is 1. The van der Waals surface area contributed by atoms with Gasteiger partial charge < -0.3 is 19.5 Å². The monoisotopic (exact) mass is 459 g/mol. The predicted molar refractivity (Wildman–Crippen MR) is 128 cm³/mol. The van der Waals surface area contributed by atoms with Crippen molar-refractivity contribution in [3.8, 4) is 23.3 Å². The smallest absolute Gasteiger partial charge is 0.331 e. The van der Waals surface area contributed by atoms with E-state index in [1.54, 1.807) is 22.8 Å². The van der Waals surface area contributed by atoms with Crippen LogP contribution < -0.4 is 14.8 Å². The zero-order chi connectivity index (χ0) is 24.7. The molecule has 0 aliphatic carbocycles. The fourth-order valence-corrected chi connectivity index (χ4v) is 3.44. The Labute approximate surface area is 198 Å². The van der Waals surface area contributed by atoms with Gasteiger partial charge in [-0.2, -0.15) is 5.26 Å². The number of carbonyl (C=O) groups excluding carboxylic acids is 2. The number of ether oxygens (including phenoxy) is 3. The molecule has 0 fully saturated rings. The Morgan fingerprint density at radius 3 is 2.47 bits per heavy atom. The summed E-state index contributed by atoms with van der Waals surface area (Å²) >= 11 is 0. The summed E-state index contributed by atoms with van der Waals surface area (Å²) in [6.45, 7) is 3.18. The standard InChI is InChI=1S/C26H25N3O5/c1-17-18(2)29(20-8-6-5-7-9-20)26(22(17)15-27)28-24(30)16-34-25(31)13-10-19-14-21(32-3)11-12-23(19)33-4/h5-14H,16H2,1-4H3,(H,28,30)/b13-10+. The molecule has 0 atom stereocenters. The maximum atomic E-state index is 12.6. The van der Waals surface area contributed by atoms with E-state index in [4.69, 9.17) is 14.2 Å². The van der Waals surface area contributed by atoms with Crippen molar-refractivity contribution in [2.75, 3.05) is 26.1 Å². The van der Waals surface area contributed by atoms with Crippen LogP contribution in [0.5, 0.6) is 11.5 Å². The lowest BCUT2D eigenvalue weighted by Crippen LogP contribution is -2.22. The predicted octanol–water partition coefficient (Wildman–Crippen LogP) is 4.18. The van der Waals surface area contributed by atoms with E-state index < -0.39 is 18.5 Å². The van der Waals surface area contributed by atoms with Crippen molar-refractivity contribution in [1.29, 1.82) is 5.26 Å². The van der Waals surface area contributed by atoms with Gasteiger partial charge in [0, 0.05) is 23.0 Å². The highest BCUT2D eigenvalue weighted by Crippen LogP contribution is 2.30. The third-order valence-corrected chi connectivity index (χ3v) is 5.28. The number of nitrogens with one attached hydrogen (secondary N) is 1. The second-order valence-corrected chi connectivity index (χ2v) is 7.31. The van der Waals surface area contributed by atoms with Gasteiger partial charge in [-0.1, -0.05) is 18.2 Å².